The lowest BCUT2D eigenvalue weighted by atomic mass is 10.3. The average molecular weight is 202 g/mol. The zero-order valence-electron chi connectivity index (χ0n) is 5.93. The van der Waals surface area contributed by atoms with Crippen molar-refractivity contribution in [3.63, 3.8) is 0 Å². The molecule has 4 N–H and O–H groups in total. The summed E-state index contributed by atoms with van der Waals surface area (Å²) in [4.78, 5) is 0. The van der Waals surface area contributed by atoms with Crippen molar-refractivity contribution in [1.29, 1.82) is 0 Å². The van der Waals surface area contributed by atoms with E-state index in [1.165, 1.54) is 4.31 Å². The SMILES string of the molecule is Cl.N[C@H]1CCN(S(N)(=O)=O)C1. The van der Waals surface area contributed by atoms with Crippen LogP contribution in [0.1, 0.15) is 6.42 Å². The van der Waals surface area contributed by atoms with Crippen molar-refractivity contribution in [2.45, 2.75) is 12.5 Å². The Hall–Kier alpha value is 0.120. The van der Waals surface area contributed by atoms with Gasteiger partial charge in [0, 0.05) is 19.1 Å². The van der Waals surface area contributed by atoms with Gasteiger partial charge in [0.05, 0.1) is 0 Å². The van der Waals surface area contributed by atoms with E-state index in [4.69, 9.17) is 10.9 Å². The first-order valence-corrected chi connectivity index (χ1v) is 4.54. The van der Waals surface area contributed by atoms with Gasteiger partial charge in [-0.05, 0) is 6.42 Å². The van der Waals surface area contributed by atoms with Crippen LogP contribution in [-0.4, -0.2) is 31.9 Å². The van der Waals surface area contributed by atoms with Gasteiger partial charge in [0.25, 0.3) is 10.2 Å². The van der Waals surface area contributed by atoms with Gasteiger partial charge >= 0.3 is 0 Å². The van der Waals surface area contributed by atoms with Crippen LogP contribution in [0.4, 0.5) is 0 Å². The second kappa shape index (κ2) is 3.68. The van der Waals surface area contributed by atoms with Crippen LogP contribution in [0.15, 0.2) is 0 Å². The molecule has 0 unspecified atom stereocenters. The Bertz CT molecular complexity index is 217. The van der Waals surface area contributed by atoms with Crippen molar-refractivity contribution in [3.05, 3.63) is 0 Å². The second-order valence-electron chi connectivity index (χ2n) is 2.45. The molecular weight excluding hydrogens is 190 g/mol. The molecule has 0 bridgehead atoms. The molecule has 0 aliphatic carbocycles. The molecule has 0 radical (unpaired) electrons. The van der Waals surface area contributed by atoms with Gasteiger partial charge in [-0.25, -0.2) is 5.14 Å². The second-order valence-corrected chi connectivity index (χ2v) is 4.00. The van der Waals surface area contributed by atoms with Gasteiger partial charge < -0.3 is 5.73 Å². The van der Waals surface area contributed by atoms with Crippen LogP contribution in [0.2, 0.25) is 0 Å². The fourth-order valence-electron chi connectivity index (χ4n) is 0.985. The smallest absolute Gasteiger partial charge is 0.276 e. The standard InChI is InChI=1S/C4H11N3O2S.ClH/c5-4-1-2-7(3-4)10(6,8)9;/h4H,1-3,5H2,(H2,6,8,9);1H/t4-;/m0./s1. The minimum Gasteiger partial charge on any atom is -0.326 e. The molecule has 1 aliphatic rings. The van der Waals surface area contributed by atoms with Crippen LogP contribution >= 0.6 is 12.4 Å². The number of halogens is 1. The Labute approximate surface area is 72.3 Å². The molecule has 0 amide bonds. The summed E-state index contributed by atoms with van der Waals surface area (Å²) >= 11 is 0. The molecule has 7 heteroatoms. The number of hydrogen-bond donors (Lipinski definition) is 2. The van der Waals surface area contributed by atoms with Gasteiger partial charge in [-0.3, -0.25) is 0 Å². The molecule has 0 aromatic heterocycles. The van der Waals surface area contributed by atoms with Crippen LogP contribution in [0.5, 0.6) is 0 Å². The van der Waals surface area contributed by atoms with E-state index in [9.17, 15) is 8.42 Å². The fraction of sp³-hybridized carbons (Fsp3) is 1.00. The molecule has 1 fully saturated rings. The van der Waals surface area contributed by atoms with Crippen LogP contribution in [0.3, 0.4) is 0 Å². The lowest BCUT2D eigenvalue weighted by Gasteiger charge is -2.10. The first kappa shape index (κ1) is 11.1. The molecule has 1 aliphatic heterocycles. The third kappa shape index (κ3) is 2.92. The largest absolute Gasteiger partial charge is 0.326 e. The Balaban J connectivity index is 0.000001000. The summed E-state index contributed by atoms with van der Waals surface area (Å²) in [5, 5.41) is 4.85. The van der Waals surface area contributed by atoms with Crippen molar-refractivity contribution in [1.82, 2.24) is 4.31 Å². The fourth-order valence-corrected chi connectivity index (χ4v) is 1.74. The maximum absolute atomic E-state index is 10.6. The van der Waals surface area contributed by atoms with Gasteiger partial charge in [0.1, 0.15) is 0 Å². The highest BCUT2D eigenvalue weighted by Crippen LogP contribution is 2.08. The number of hydrogen-bond acceptors (Lipinski definition) is 3. The maximum Gasteiger partial charge on any atom is 0.276 e. The number of nitrogens with two attached hydrogens (primary N) is 2. The van der Waals surface area contributed by atoms with Crippen LogP contribution in [0, 0.1) is 0 Å². The first-order valence-electron chi connectivity index (χ1n) is 3.03. The predicted octanol–water partition coefficient (Wildman–Crippen LogP) is -1.36. The Morgan fingerprint density at radius 1 is 1.45 bits per heavy atom. The molecule has 11 heavy (non-hydrogen) atoms. The van der Waals surface area contributed by atoms with Gasteiger partial charge in [-0.2, -0.15) is 12.7 Å². The van der Waals surface area contributed by atoms with E-state index in [1.807, 2.05) is 0 Å². The third-order valence-corrected chi connectivity index (χ3v) is 2.60. The van der Waals surface area contributed by atoms with Gasteiger partial charge in [0.15, 0.2) is 0 Å². The molecule has 1 saturated heterocycles. The van der Waals surface area contributed by atoms with Crippen LogP contribution < -0.4 is 10.9 Å². The molecule has 0 spiro atoms. The Morgan fingerprint density at radius 2 is 2.00 bits per heavy atom. The van der Waals surface area contributed by atoms with Gasteiger partial charge in [-0.1, -0.05) is 0 Å². The van der Waals surface area contributed by atoms with Crippen molar-refractivity contribution in [2.75, 3.05) is 13.1 Å². The van der Waals surface area contributed by atoms with Crippen LogP contribution in [0.25, 0.3) is 0 Å². The summed E-state index contributed by atoms with van der Waals surface area (Å²) in [5.74, 6) is 0. The zero-order valence-corrected chi connectivity index (χ0v) is 7.57. The zero-order chi connectivity index (χ0) is 7.78. The maximum atomic E-state index is 10.6. The van der Waals surface area contributed by atoms with E-state index in [-0.39, 0.29) is 18.4 Å². The lowest BCUT2D eigenvalue weighted by Crippen LogP contribution is -2.36. The van der Waals surface area contributed by atoms with E-state index in [1.54, 1.807) is 0 Å². The monoisotopic (exact) mass is 201 g/mol. The van der Waals surface area contributed by atoms with Crippen LogP contribution in [-0.2, 0) is 10.2 Å². The minimum atomic E-state index is -3.48. The predicted molar refractivity (Wildman–Crippen MR) is 44.5 cm³/mol. The summed E-state index contributed by atoms with van der Waals surface area (Å²) in [6.07, 6.45) is 0.705. The Morgan fingerprint density at radius 3 is 2.18 bits per heavy atom. The molecule has 0 aromatic carbocycles. The highest BCUT2D eigenvalue weighted by atomic mass is 35.5. The molecule has 1 rings (SSSR count). The summed E-state index contributed by atoms with van der Waals surface area (Å²) in [6, 6.07) is -0.0432. The van der Waals surface area contributed by atoms with E-state index in [0.717, 1.165) is 0 Å². The number of rotatable bonds is 1. The summed E-state index contributed by atoms with van der Waals surface area (Å²) in [5.41, 5.74) is 5.46. The molecule has 68 valence electrons. The topological polar surface area (TPSA) is 89.4 Å². The highest BCUT2D eigenvalue weighted by Gasteiger charge is 2.26. The van der Waals surface area contributed by atoms with Crippen molar-refractivity contribution in [2.24, 2.45) is 10.9 Å². The first-order chi connectivity index (χ1) is 4.50. The summed E-state index contributed by atoms with van der Waals surface area (Å²) in [7, 11) is -3.48. The minimum absolute atomic E-state index is 0. The summed E-state index contributed by atoms with van der Waals surface area (Å²) in [6.45, 7) is 0.818. The molecule has 0 saturated carbocycles. The quantitative estimate of drug-likeness (QED) is 0.550. The molecular formula is C4H12ClN3O2S. The van der Waals surface area contributed by atoms with E-state index < -0.39 is 10.2 Å². The highest BCUT2D eigenvalue weighted by molar-refractivity contribution is 7.86. The van der Waals surface area contributed by atoms with E-state index in [2.05, 4.69) is 0 Å². The number of nitrogens with zero attached hydrogens (tertiary/aromatic N) is 1. The molecule has 1 heterocycles. The van der Waals surface area contributed by atoms with Crippen molar-refractivity contribution < 1.29 is 8.42 Å². The molecule has 1 atom stereocenters. The van der Waals surface area contributed by atoms with Gasteiger partial charge in [-0.15, -0.1) is 12.4 Å². The van der Waals surface area contributed by atoms with Crippen molar-refractivity contribution in [3.8, 4) is 0 Å². The summed E-state index contributed by atoms with van der Waals surface area (Å²) < 4.78 is 22.4. The van der Waals surface area contributed by atoms with Crippen molar-refractivity contribution >= 4 is 22.6 Å². The normalized spacial score (nSPS) is 26.5. The van der Waals surface area contributed by atoms with E-state index >= 15 is 0 Å². The van der Waals surface area contributed by atoms with Gasteiger partial charge in [0.2, 0.25) is 0 Å². The molecule has 0 aromatic rings. The molecule has 5 nitrogen and oxygen atoms in total. The van der Waals surface area contributed by atoms with E-state index in [0.29, 0.717) is 19.5 Å². The lowest BCUT2D eigenvalue weighted by molar-refractivity contribution is 0.474. The average Bonchev–Trinajstić information content (AvgIpc) is 2.11. The third-order valence-electron chi connectivity index (χ3n) is 1.55. The Kier molecular flexibility index (Phi) is 3.72.